The Kier molecular flexibility index (Phi) is 4.32. The molecule has 0 bridgehead atoms. The first-order chi connectivity index (χ1) is 11.4. The van der Waals surface area contributed by atoms with Gasteiger partial charge in [-0.05, 0) is 6.42 Å². The van der Waals surface area contributed by atoms with Crippen LogP contribution >= 0.6 is 0 Å². The summed E-state index contributed by atoms with van der Waals surface area (Å²) < 4.78 is 7.00. The minimum atomic E-state index is -1.35. The summed E-state index contributed by atoms with van der Waals surface area (Å²) in [6, 6.07) is 0. The van der Waals surface area contributed by atoms with Crippen molar-refractivity contribution in [3.05, 3.63) is 12.7 Å². The first-order valence-corrected chi connectivity index (χ1v) is 7.31. The molecule has 3 rings (SSSR count). The second-order valence-corrected chi connectivity index (χ2v) is 5.63. The average Bonchev–Trinajstić information content (AvgIpc) is 3.09. The van der Waals surface area contributed by atoms with E-state index in [0.29, 0.717) is 11.2 Å². The van der Waals surface area contributed by atoms with E-state index in [4.69, 9.17) is 16.2 Å². The summed E-state index contributed by atoms with van der Waals surface area (Å²) in [4.78, 5) is 22.8. The number of primary amides is 1. The van der Waals surface area contributed by atoms with E-state index in [1.165, 1.54) is 17.2 Å². The maximum atomic E-state index is 10.8. The number of hydrogen-bond acceptors (Lipinski definition) is 9. The minimum Gasteiger partial charge on any atom is -0.390 e. The molecule has 0 aliphatic carbocycles. The molecule has 1 fully saturated rings. The summed E-state index contributed by atoms with van der Waals surface area (Å²) in [5.41, 5.74) is 11.4. The zero-order valence-electron chi connectivity index (χ0n) is 12.6. The van der Waals surface area contributed by atoms with Crippen molar-refractivity contribution < 1.29 is 24.9 Å². The van der Waals surface area contributed by atoms with Crippen LogP contribution in [0.4, 0.5) is 5.82 Å². The van der Waals surface area contributed by atoms with Gasteiger partial charge in [0.1, 0.15) is 30.2 Å². The standard InChI is InChI=1S/C13H18N6O5/c14-6(21)2-1-5(20)10-8(22)9(23)13(24-10)19-4-18-7-11(15)16-3-17-12(7)19/h3-5,8-10,13,20,22-23H,1-2H2,(H2,14,21)(H2,15,16,17)/t5?,8-,9+,10+,13+/m0/s1. The number of hydrogen-bond donors (Lipinski definition) is 5. The fourth-order valence-electron chi connectivity index (χ4n) is 2.74. The van der Waals surface area contributed by atoms with Crippen LogP contribution in [0, 0.1) is 0 Å². The van der Waals surface area contributed by atoms with Gasteiger partial charge in [-0.2, -0.15) is 0 Å². The molecule has 1 saturated heterocycles. The maximum Gasteiger partial charge on any atom is 0.217 e. The molecule has 3 heterocycles. The summed E-state index contributed by atoms with van der Waals surface area (Å²) in [6.07, 6.45) is -3.40. The lowest BCUT2D eigenvalue weighted by molar-refractivity contribution is -0.120. The van der Waals surface area contributed by atoms with Crippen LogP contribution < -0.4 is 11.5 Å². The molecule has 130 valence electrons. The predicted octanol–water partition coefficient (Wildman–Crippen LogP) is -2.35. The van der Waals surface area contributed by atoms with Crippen LogP contribution in [0.5, 0.6) is 0 Å². The minimum absolute atomic E-state index is 0.0102. The molecule has 1 unspecified atom stereocenters. The molecule has 1 aliphatic heterocycles. The lowest BCUT2D eigenvalue weighted by atomic mass is 10.0. The second kappa shape index (κ2) is 6.28. The van der Waals surface area contributed by atoms with Crippen LogP contribution in [0.2, 0.25) is 0 Å². The van der Waals surface area contributed by atoms with Crippen LogP contribution in [-0.2, 0) is 9.53 Å². The highest BCUT2D eigenvalue weighted by Gasteiger charge is 2.47. The van der Waals surface area contributed by atoms with Gasteiger partial charge in [0.05, 0.1) is 12.4 Å². The number of fused-ring (bicyclic) bond motifs is 1. The topological polar surface area (TPSA) is 183 Å². The SMILES string of the molecule is NC(=O)CCC(O)[C@H]1O[C@@H](n2cnc3c(N)ncnc32)[C@H](O)[C@@H]1O. The first kappa shape index (κ1) is 16.5. The van der Waals surface area contributed by atoms with Gasteiger partial charge in [-0.25, -0.2) is 15.0 Å². The number of nitrogen functional groups attached to an aromatic ring is 1. The Hall–Kier alpha value is -2.34. The number of imidazole rings is 1. The lowest BCUT2D eigenvalue weighted by Crippen LogP contribution is -2.39. The van der Waals surface area contributed by atoms with Crippen molar-refractivity contribution in [1.82, 2.24) is 19.5 Å². The maximum absolute atomic E-state index is 10.8. The van der Waals surface area contributed by atoms with Gasteiger partial charge in [-0.3, -0.25) is 9.36 Å². The number of ether oxygens (including phenoxy) is 1. The molecular weight excluding hydrogens is 320 g/mol. The molecule has 0 aromatic carbocycles. The third-order valence-corrected chi connectivity index (χ3v) is 4.00. The van der Waals surface area contributed by atoms with Crippen LogP contribution in [-0.4, -0.2) is 65.2 Å². The molecule has 2 aromatic rings. The van der Waals surface area contributed by atoms with Crippen molar-refractivity contribution in [3.63, 3.8) is 0 Å². The summed E-state index contributed by atoms with van der Waals surface area (Å²) in [7, 11) is 0. The number of nitrogens with zero attached hydrogens (tertiary/aromatic N) is 4. The molecule has 11 heteroatoms. The lowest BCUT2D eigenvalue weighted by Gasteiger charge is -2.20. The zero-order valence-corrected chi connectivity index (χ0v) is 12.6. The molecule has 2 aromatic heterocycles. The highest BCUT2D eigenvalue weighted by Crippen LogP contribution is 2.34. The number of carbonyl (C=O) groups is 1. The van der Waals surface area contributed by atoms with Crippen molar-refractivity contribution in [2.45, 2.75) is 43.5 Å². The fourth-order valence-corrected chi connectivity index (χ4v) is 2.74. The zero-order chi connectivity index (χ0) is 17.4. The largest absolute Gasteiger partial charge is 0.390 e. The van der Waals surface area contributed by atoms with Crippen LogP contribution in [0.1, 0.15) is 19.1 Å². The van der Waals surface area contributed by atoms with Gasteiger partial charge in [0.15, 0.2) is 17.7 Å². The summed E-state index contributed by atoms with van der Waals surface area (Å²) in [5, 5.41) is 30.5. The molecule has 24 heavy (non-hydrogen) atoms. The molecule has 1 aliphatic rings. The number of aromatic nitrogens is 4. The Labute approximate surface area is 135 Å². The monoisotopic (exact) mass is 338 g/mol. The van der Waals surface area contributed by atoms with E-state index in [1.807, 2.05) is 0 Å². The molecule has 0 saturated carbocycles. The van der Waals surface area contributed by atoms with Gasteiger partial charge >= 0.3 is 0 Å². The predicted molar refractivity (Wildman–Crippen MR) is 80.1 cm³/mol. The highest BCUT2D eigenvalue weighted by atomic mass is 16.6. The summed E-state index contributed by atoms with van der Waals surface area (Å²) in [6.45, 7) is 0. The van der Waals surface area contributed by atoms with E-state index < -0.39 is 36.6 Å². The van der Waals surface area contributed by atoms with Crippen molar-refractivity contribution in [2.75, 3.05) is 5.73 Å². The molecule has 11 nitrogen and oxygen atoms in total. The van der Waals surface area contributed by atoms with Crippen LogP contribution in [0.3, 0.4) is 0 Å². The summed E-state index contributed by atoms with van der Waals surface area (Å²) in [5.74, 6) is -0.406. The fraction of sp³-hybridized carbons (Fsp3) is 0.538. The van der Waals surface area contributed by atoms with E-state index in [-0.39, 0.29) is 18.7 Å². The highest BCUT2D eigenvalue weighted by molar-refractivity contribution is 5.81. The van der Waals surface area contributed by atoms with Gasteiger partial charge in [0.2, 0.25) is 5.91 Å². The normalized spacial score (nSPS) is 28.3. The quantitative estimate of drug-likeness (QED) is 0.398. The van der Waals surface area contributed by atoms with E-state index in [0.717, 1.165) is 0 Å². The molecule has 1 amide bonds. The van der Waals surface area contributed by atoms with Crippen molar-refractivity contribution in [1.29, 1.82) is 0 Å². The smallest absolute Gasteiger partial charge is 0.217 e. The Bertz CT molecular complexity index is 752. The van der Waals surface area contributed by atoms with Crippen LogP contribution in [0.15, 0.2) is 12.7 Å². The van der Waals surface area contributed by atoms with E-state index in [2.05, 4.69) is 15.0 Å². The third-order valence-electron chi connectivity index (χ3n) is 4.00. The Balaban J connectivity index is 1.84. The average molecular weight is 338 g/mol. The first-order valence-electron chi connectivity index (χ1n) is 7.31. The summed E-state index contributed by atoms with van der Waals surface area (Å²) >= 11 is 0. The molecule has 0 radical (unpaired) electrons. The number of anilines is 1. The van der Waals surface area contributed by atoms with Crippen molar-refractivity contribution >= 4 is 22.9 Å². The number of aliphatic hydroxyl groups excluding tert-OH is 3. The van der Waals surface area contributed by atoms with E-state index >= 15 is 0 Å². The molecule has 5 atom stereocenters. The Morgan fingerprint density at radius 2 is 2.08 bits per heavy atom. The third kappa shape index (κ3) is 2.78. The van der Waals surface area contributed by atoms with Crippen molar-refractivity contribution in [2.24, 2.45) is 5.73 Å². The number of carbonyl (C=O) groups excluding carboxylic acids is 1. The molecule has 7 N–H and O–H groups in total. The van der Waals surface area contributed by atoms with Gasteiger partial charge in [-0.1, -0.05) is 0 Å². The van der Waals surface area contributed by atoms with Gasteiger partial charge in [-0.15, -0.1) is 0 Å². The van der Waals surface area contributed by atoms with Crippen LogP contribution in [0.25, 0.3) is 11.2 Å². The van der Waals surface area contributed by atoms with Gasteiger partial charge in [0.25, 0.3) is 0 Å². The number of amides is 1. The van der Waals surface area contributed by atoms with Crippen molar-refractivity contribution in [3.8, 4) is 0 Å². The molecular formula is C13H18N6O5. The number of rotatable bonds is 5. The Morgan fingerprint density at radius 1 is 1.33 bits per heavy atom. The van der Waals surface area contributed by atoms with Gasteiger partial charge in [0, 0.05) is 6.42 Å². The molecule has 0 spiro atoms. The Morgan fingerprint density at radius 3 is 2.79 bits per heavy atom. The van der Waals surface area contributed by atoms with E-state index in [9.17, 15) is 20.1 Å². The van der Waals surface area contributed by atoms with Gasteiger partial charge < -0.3 is 31.5 Å². The second-order valence-electron chi connectivity index (χ2n) is 5.63. The number of nitrogens with two attached hydrogens (primary N) is 2. The number of aliphatic hydroxyl groups is 3. The van der Waals surface area contributed by atoms with E-state index in [1.54, 1.807) is 0 Å².